The Bertz CT molecular complexity index is 5250. The molecule has 5 heteroatoms. The minimum atomic E-state index is -0.954. The summed E-state index contributed by atoms with van der Waals surface area (Å²) in [6, 6.07) is -22.7. The van der Waals surface area contributed by atoms with E-state index in [0.29, 0.717) is 22.7 Å². The Morgan fingerprint density at radius 2 is 0.895 bits per heavy atom. The quantitative estimate of drug-likeness (QED) is 0.174. The van der Waals surface area contributed by atoms with Crippen molar-refractivity contribution in [3.05, 3.63) is 182 Å². The maximum atomic E-state index is 9.68. The number of aromatic nitrogens is 2. The molecule has 4 aromatic heterocycles. The third-order valence-corrected chi connectivity index (χ3v) is 11.3. The molecule has 0 bridgehead atoms. The highest BCUT2D eigenvalue weighted by molar-refractivity contribution is 7.26. The van der Waals surface area contributed by atoms with Gasteiger partial charge in [0.15, 0.2) is 5.58 Å². The summed E-state index contributed by atoms with van der Waals surface area (Å²) in [6.07, 6.45) is 0.860. The first-order valence-corrected chi connectivity index (χ1v) is 18.3. The Kier molecular flexibility index (Phi) is 3.34. The summed E-state index contributed by atoms with van der Waals surface area (Å²) < 4.78 is 266. The highest BCUT2D eigenvalue weighted by Crippen LogP contribution is 2.43. The molecule has 4 heterocycles. The van der Waals surface area contributed by atoms with E-state index in [4.69, 9.17) is 35.9 Å². The summed E-state index contributed by atoms with van der Waals surface area (Å²) in [7, 11) is 0. The number of benzene rings is 8. The van der Waals surface area contributed by atoms with Gasteiger partial charge in [0.2, 0.25) is 0 Å². The van der Waals surface area contributed by atoms with Gasteiger partial charge in [0, 0.05) is 51.3 Å². The van der Waals surface area contributed by atoms with E-state index in [2.05, 4.69) is 9.97 Å². The lowest BCUT2D eigenvalue weighted by Crippen LogP contribution is -1.88. The smallest absolute Gasteiger partial charge is 0.180 e. The van der Waals surface area contributed by atoms with Crippen LogP contribution in [0.25, 0.3) is 118 Å². The molecule has 0 amide bonds. The Morgan fingerprint density at radius 3 is 1.51 bits per heavy atom. The van der Waals surface area contributed by atoms with Crippen LogP contribution in [0.4, 0.5) is 0 Å². The van der Waals surface area contributed by atoms with Crippen LogP contribution in [0.5, 0.6) is 0 Å². The van der Waals surface area contributed by atoms with Crippen molar-refractivity contribution in [2.45, 2.75) is 0 Å². The summed E-state index contributed by atoms with van der Waals surface area (Å²) in [5.74, 6) is 0. The lowest BCUT2D eigenvalue weighted by Gasteiger charge is -2.09. The highest BCUT2D eigenvalue weighted by atomic mass is 32.1. The number of nitrogens with zero attached hydrogens (tertiary/aromatic N) is 2. The second kappa shape index (κ2) is 12.8. The molecule has 0 aliphatic carbocycles. The van der Waals surface area contributed by atoms with Crippen molar-refractivity contribution in [2.75, 3.05) is 0 Å². The van der Waals surface area contributed by atoms with Gasteiger partial charge in [-0.3, -0.25) is 0 Å². The Balaban J connectivity index is 1.10. The normalized spacial score (nSPS) is 19.0. The van der Waals surface area contributed by atoms with Crippen molar-refractivity contribution in [1.82, 2.24) is 9.97 Å². The van der Waals surface area contributed by atoms with Crippen LogP contribution in [0, 0.1) is 0 Å². The van der Waals surface area contributed by atoms with E-state index in [1.807, 2.05) is 0 Å². The van der Waals surface area contributed by atoms with Crippen LogP contribution in [0.2, 0.25) is 0 Å². The van der Waals surface area contributed by atoms with Crippen LogP contribution >= 0.6 is 22.7 Å². The molecule has 57 heavy (non-hydrogen) atoms. The molecule has 3 nitrogen and oxygen atoms in total. The molecule has 0 saturated heterocycles. The van der Waals surface area contributed by atoms with Crippen molar-refractivity contribution in [3.8, 4) is 55.8 Å². The Labute approximate surface area is 376 Å². The van der Waals surface area contributed by atoms with Crippen LogP contribution in [-0.4, -0.2) is 9.97 Å². The fourth-order valence-corrected chi connectivity index (χ4v) is 8.62. The minimum Gasteiger partial charge on any atom is -0.452 e. The molecule has 0 spiro atoms. The van der Waals surface area contributed by atoms with Gasteiger partial charge < -0.3 is 4.42 Å². The third-order valence-electron chi connectivity index (χ3n) is 9.01. The number of thiophene rings is 2. The number of fused-ring (bicyclic) bond motifs is 9. The highest BCUT2D eigenvalue weighted by Gasteiger charge is 2.18. The fraction of sp³-hybridized carbons (Fsp3) is 0. The van der Waals surface area contributed by atoms with E-state index in [1.165, 1.54) is 0 Å². The van der Waals surface area contributed by atoms with Crippen LogP contribution in [0.1, 0.15) is 39.8 Å². The largest absolute Gasteiger partial charge is 0.452 e. The van der Waals surface area contributed by atoms with Crippen molar-refractivity contribution in [1.29, 1.82) is 0 Å². The number of hydrogen-bond donors (Lipinski definition) is 0. The summed E-state index contributed by atoms with van der Waals surface area (Å²) in [5.41, 5.74) is -7.73. The zero-order valence-electron chi connectivity index (χ0n) is 57.2. The monoisotopic (exact) mass is 791 g/mol. The molecular formula is C52H30N2OS2. The van der Waals surface area contributed by atoms with Crippen molar-refractivity contribution >= 4 is 85.1 Å². The van der Waals surface area contributed by atoms with E-state index in [-0.39, 0.29) is 45.9 Å². The summed E-state index contributed by atoms with van der Waals surface area (Å²) in [5, 5.41) is -1.25. The van der Waals surface area contributed by atoms with E-state index in [1.54, 1.807) is 0 Å². The van der Waals surface area contributed by atoms with Gasteiger partial charge in [0.25, 0.3) is 0 Å². The zero-order chi connectivity index (χ0) is 62.7. The van der Waals surface area contributed by atoms with E-state index in [9.17, 15) is 8.22 Å². The van der Waals surface area contributed by atoms with Crippen LogP contribution < -0.4 is 0 Å². The molecule has 0 atom stereocenters. The van der Waals surface area contributed by atoms with Gasteiger partial charge in [-0.1, -0.05) is 133 Å². The van der Waals surface area contributed by atoms with Gasteiger partial charge in [0.05, 0.1) is 39.8 Å². The van der Waals surface area contributed by atoms with Crippen LogP contribution in [0.15, 0.2) is 186 Å². The lowest BCUT2D eigenvalue weighted by molar-refractivity contribution is 0.667. The second-order valence-electron chi connectivity index (χ2n) is 12.2. The van der Waals surface area contributed by atoms with E-state index >= 15 is 0 Å². The van der Waals surface area contributed by atoms with Gasteiger partial charge in [0.1, 0.15) is 23.1 Å². The molecule has 266 valence electrons. The number of rotatable bonds is 5. The average molecular weight is 792 g/mol. The zero-order valence-corrected chi connectivity index (χ0v) is 29.8. The van der Waals surface area contributed by atoms with Crippen LogP contribution in [-0.2, 0) is 0 Å². The van der Waals surface area contributed by atoms with Crippen LogP contribution in [0.3, 0.4) is 0 Å². The van der Waals surface area contributed by atoms with E-state index < -0.39 is 248 Å². The average Bonchev–Trinajstić information content (AvgIpc) is 1.43. The first-order valence-electron chi connectivity index (χ1n) is 31.2. The molecular weight excluding hydrogens is 733 g/mol. The second-order valence-corrected chi connectivity index (χ2v) is 14.3. The molecule has 0 N–H and O–H groups in total. The SMILES string of the molecule is [2H]c1c([2H])c(-c2c([2H])c([2H])c([2H])c(-c3c([2H])c([2H])c([2H])c4c3sc3c([2H])c([2H])c([2H])c([2H])c34)c2[2H])c([2H])c(-c2ncnc3c2oc2c([2H])c([2H])c(-c4c([2H])c([2H])c([2H])c(-c5c([2H])c([2H])c([2H])c6c5sc5c([2H])c([2H])c([2H])c([2H])c56)c4[2H])c([2H])c23)c1[2H]. The molecule has 0 radical (unpaired) electrons. The topological polar surface area (TPSA) is 38.9 Å². The van der Waals surface area contributed by atoms with Crippen molar-refractivity contribution < 1.29 is 44.2 Å². The van der Waals surface area contributed by atoms with Crippen molar-refractivity contribution in [3.63, 3.8) is 0 Å². The minimum absolute atomic E-state index is 0.0902. The molecule has 12 rings (SSSR count). The van der Waals surface area contributed by atoms with Gasteiger partial charge in [-0.2, -0.15) is 0 Å². The van der Waals surface area contributed by atoms with Gasteiger partial charge in [-0.25, -0.2) is 9.97 Å². The first kappa shape index (κ1) is 14.9. The molecule has 0 aliphatic heterocycles. The molecule has 8 aromatic carbocycles. The predicted molar refractivity (Wildman–Crippen MR) is 242 cm³/mol. The fourth-order valence-electron chi connectivity index (χ4n) is 6.48. The summed E-state index contributed by atoms with van der Waals surface area (Å²) >= 11 is 1.33. The summed E-state index contributed by atoms with van der Waals surface area (Å²) in [6.45, 7) is 0. The molecule has 0 aliphatic rings. The molecule has 0 saturated carbocycles. The first-order chi connectivity index (χ1) is 40.3. The summed E-state index contributed by atoms with van der Waals surface area (Å²) in [4.78, 5) is 8.54. The Hall–Kier alpha value is -6.92. The molecule has 12 aromatic rings. The molecule has 0 unspecified atom stereocenters. The number of furan rings is 1. The van der Waals surface area contributed by atoms with Gasteiger partial charge in [-0.05, 0) is 86.8 Å². The predicted octanol–water partition coefficient (Wildman–Crippen LogP) is 15.4. The van der Waals surface area contributed by atoms with E-state index in [0.717, 1.165) is 6.33 Å². The van der Waals surface area contributed by atoms with Crippen molar-refractivity contribution in [2.24, 2.45) is 0 Å². The number of hydrogen-bond acceptors (Lipinski definition) is 5. The third kappa shape index (κ3) is 5.24. The maximum Gasteiger partial charge on any atom is 0.180 e. The van der Waals surface area contributed by atoms with Gasteiger partial charge >= 0.3 is 0 Å². The lowest BCUT2D eigenvalue weighted by atomic mass is 9.96. The standard InChI is InChI=1S/C52H30N2OS2/c1-3-22-46-40(16-1)42-20-8-18-38(51(42)56-46)35-13-5-10-31(26-35)33-12-7-15-37(28-33)48-50-49(54-30-53-48)44-29-34(24-25-45(44)55-50)32-11-6-14-36(27-32)39-19-9-21-43-41-17-2-4-23-47(41)57-52(39)43/h1-30H/i1D,2D,3D,4D,5D,6D,7D,8D,9D,10D,11D,12D,13D,14D,15D,16D,17D,18D,19D,20D,21D,22D,23D,24D,25D,26D,27D,28D,29D. The van der Waals surface area contributed by atoms with Gasteiger partial charge in [-0.15, -0.1) is 22.7 Å². The Morgan fingerprint density at radius 1 is 0.404 bits per heavy atom. The molecule has 0 fully saturated rings. The maximum absolute atomic E-state index is 9.68.